The van der Waals surface area contributed by atoms with Gasteiger partial charge in [-0.2, -0.15) is 0 Å². The molecule has 0 saturated heterocycles. The Morgan fingerprint density at radius 1 is 0.955 bits per heavy atom. The fourth-order valence-corrected chi connectivity index (χ4v) is 2.47. The number of nitrogens with one attached hydrogen (secondary N) is 1. The second kappa shape index (κ2) is 5.41. The van der Waals surface area contributed by atoms with Crippen LogP contribution in [0.5, 0.6) is 0 Å². The summed E-state index contributed by atoms with van der Waals surface area (Å²) in [5.41, 5.74) is 4.63. The van der Waals surface area contributed by atoms with E-state index in [1.165, 1.54) is 11.1 Å². The van der Waals surface area contributed by atoms with Crippen molar-refractivity contribution in [1.82, 2.24) is 9.97 Å². The Labute approximate surface area is 131 Å². The van der Waals surface area contributed by atoms with Gasteiger partial charge in [-0.15, -0.1) is 0 Å². The minimum atomic E-state index is 0.127. The van der Waals surface area contributed by atoms with E-state index in [1.54, 1.807) is 6.33 Å². The summed E-state index contributed by atoms with van der Waals surface area (Å²) in [7, 11) is 0. The second-order valence-corrected chi connectivity index (χ2v) is 6.70. The van der Waals surface area contributed by atoms with Crippen LogP contribution in [0.25, 0.3) is 10.9 Å². The van der Waals surface area contributed by atoms with Gasteiger partial charge < -0.3 is 5.32 Å². The van der Waals surface area contributed by atoms with E-state index < -0.39 is 0 Å². The fourth-order valence-electron chi connectivity index (χ4n) is 2.47. The van der Waals surface area contributed by atoms with E-state index >= 15 is 0 Å². The number of aryl methyl sites for hydroxylation is 1. The summed E-state index contributed by atoms with van der Waals surface area (Å²) in [4.78, 5) is 8.74. The third-order valence-corrected chi connectivity index (χ3v) is 3.78. The first-order chi connectivity index (χ1) is 10.4. The second-order valence-electron chi connectivity index (χ2n) is 6.70. The van der Waals surface area contributed by atoms with Gasteiger partial charge in [-0.05, 0) is 42.2 Å². The summed E-state index contributed by atoms with van der Waals surface area (Å²) in [5, 5.41) is 4.48. The van der Waals surface area contributed by atoms with Gasteiger partial charge in [-0.3, -0.25) is 0 Å². The van der Waals surface area contributed by atoms with Crippen LogP contribution in [0.1, 0.15) is 31.9 Å². The summed E-state index contributed by atoms with van der Waals surface area (Å²) in [6.45, 7) is 8.73. The molecule has 0 atom stereocenters. The highest BCUT2D eigenvalue weighted by atomic mass is 15.0. The molecule has 3 heteroatoms. The number of benzene rings is 2. The number of hydrogen-bond acceptors (Lipinski definition) is 3. The Morgan fingerprint density at radius 3 is 2.55 bits per heavy atom. The molecule has 3 rings (SSSR count). The van der Waals surface area contributed by atoms with Crippen molar-refractivity contribution in [3.05, 3.63) is 59.9 Å². The molecule has 0 radical (unpaired) electrons. The van der Waals surface area contributed by atoms with Crippen LogP contribution in [0.2, 0.25) is 0 Å². The molecule has 0 aliphatic heterocycles. The first kappa shape index (κ1) is 14.5. The van der Waals surface area contributed by atoms with Crippen molar-refractivity contribution in [3.63, 3.8) is 0 Å². The van der Waals surface area contributed by atoms with Crippen LogP contribution in [-0.4, -0.2) is 9.97 Å². The number of anilines is 2. The normalized spacial score (nSPS) is 11.6. The molecule has 112 valence electrons. The molecule has 0 spiro atoms. The zero-order valence-corrected chi connectivity index (χ0v) is 13.5. The van der Waals surface area contributed by atoms with Gasteiger partial charge in [0.05, 0.1) is 5.52 Å². The third-order valence-electron chi connectivity index (χ3n) is 3.78. The van der Waals surface area contributed by atoms with E-state index in [9.17, 15) is 0 Å². The molecule has 2 aromatic carbocycles. The van der Waals surface area contributed by atoms with E-state index in [0.717, 1.165) is 22.4 Å². The average Bonchev–Trinajstić information content (AvgIpc) is 2.47. The summed E-state index contributed by atoms with van der Waals surface area (Å²) < 4.78 is 0. The minimum absolute atomic E-state index is 0.127. The monoisotopic (exact) mass is 291 g/mol. The van der Waals surface area contributed by atoms with Crippen LogP contribution in [0.15, 0.2) is 48.8 Å². The molecule has 0 bridgehead atoms. The average molecular weight is 291 g/mol. The highest BCUT2D eigenvalue weighted by Gasteiger charge is 2.14. The molecule has 0 amide bonds. The lowest BCUT2D eigenvalue weighted by Gasteiger charge is -2.20. The summed E-state index contributed by atoms with van der Waals surface area (Å²) in [6.07, 6.45) is 1.60. The van der Waals surface area contributed by atoms with Gasteiger partial charge in [0.15, 0.2) is 0 Å². The van der Waals surface area contributed by atoms with Gasteiger partial charge in [-0.1, -0.05) is 44.5 Å². The molecule has 0 unspecified atom stereocenters. The third kappa shape index (κ3) is 2.93. The smallest absolute Gasteiger partial charge is 0.141 e. The van der Waals surface area contributed by atoms with E-state index in [2.05, 4.69) is 79.4 Å². The molecule has 0 saturated carbocycles. The first-order valence-electron chi connectivity index (χ1n) is 7.52. The van der Waals surface area contributed by atoms with Crippen LogP contribution in [0, 0.1) is 6.92 Å². The van der Waals surface area contributed by atoms with Gasteiger partial charge in [0.2, 0.25) is 0 Å². The van der Waals surface area contributed by atoms with Crippen molar-refractivity contribution in [3.8, 4) is 0 Å². The SMILES string of the molecule is Cc1ccc2ncnc(Nc3cccc(C(C)(C)C)c3)c2c1. The van der Waals surface area contributed by atoms with Crippen molar-refractivity contribution in [2.24, 2.45) is 0 Å². The first-order valence-corrected chi connectivity index (χ1v) is 7.52. The molecular weight excluding hydrogens is 270 g/mol. The lowest BCUT2D eigenvalue weighted by Crippen LogP contribution is -2.11. The van der Waals surface area contributed by atoms with Gasteiger partial charge >= 0.3 is 0 Å². The van der Waals surface area contributed by atoms with Crippen LogP contribution in [-0.2, 0) is 5.41 Å². The lowest BCUT2D eigenvalue weighted by atomic mass is 9.87. The molecule has 1 N–H and O–H groups in total. The molecule has 0 fully saturated rings. The highest BCUT2D eigenvalue weighted by molar-refractivity contribution is 5.91. The number of hydrogen-bond donors (Lipinski definition) is 1. The molecular formula is C19H21N3. The lowest BCUT2D eigenvalue weighted by molar-refractivity contribution is 0.590. The molecule has 0 aliphatic rings. The molecule has 22 heavy (non-hydrogen) atoms. The van der Waals surface area contributed by atoms with Gasteiger partial charge in [0, 0.05) is 11.1 Å². The van der Waals surface area contributed by atoms with E-state index in [-0.39, 0.29) is 5.41 Å². The van der Waals surface area contributed by atoms with Crippen LogP contribution < -0.4 is 5.32 Å². The van der Waals surface area contributed by atoms with Crippen LogP contribution in [0.4, 0.5) is 11.5 Å². The number of fused-ring (bicyclic) bond motifs is 1. The minimum Gasteiger partial charge on any atom is -0.340 e. The number of rotatable bonds is 2. The van der Waals surface area contributed by atoms with E-state index in [0.29, 0.717) is 0 Å². The van der Waals surface area contributed by atoms with Crippen molar-refractivity contribution < 1.29 is 0 Å². The quantitative estimate of drug-likeness (QED) is 0.723. The maximum atomic E-state index is 4.41. The van der Waals surface area contributed by atoms with Crippen molar-refractivity contribution >= 4 is 22.4 Å². The van der Waals surface area contributed by atoms with Crippen LogP contribution in [0.3, 0.4) is 0 Å². The molecule has 0 aliphatic carbocycles. The largest absolute Gasteiger partial charge is 0.340 e. The van der Waals surface area contributed by atoms with Gasteiger partial charge in [0.1, 0.15) is 12.1 Å². The standard InChI is InChI=1S/C19H21N3/c1-13-8-9-17-16(10-13)18(21-12-20-17)22-15-7-5-6-14(11-15)19(2,3)4/h5-12H,1-4H3,(H,20,21,22). The predicted octanol–water partition coefficient (Wildman–Crippen LogP) is 4.98. The summed E-state index contributed by atoms with van der Waals surface area (Å²) >= 11 is 0. The van der Waals surface area contributed by atoms with Crippen molar-refractivity contribution in [1.29, 1.82) is 0 Å². The van der Waals surface area contributed by atoms with Crippen molar-refractivity contribution in [2.75, 3.05) is 5.32 Å². The maximum Gasteiger partial charge on any atom is 0.141 e. The van der Waals surface area contributed by atoms with E-state index in [1.807, 2.05) is 6.07 Å². The zero-order chi connectivity index (χ0) is 15.7. The fraction of sp³-hybridized carbons (Fsp3) is 0.263. The van der Waals surface area contributed by atoms with Gasteiger partial charge in [0.25, 0.3) is 0 Å². The Bertz CT molecular complexity index is 816. The Hall–Kier alpha value is -2.42. The Kier molecular flexibility index (Phi) is 3.57. The number of aromatic nitrogens is 2. The Balaban J connectivity index is 2.02. The molecule has 3 aromatic rings. The maximum absolute atomic E-state index is 4.41. The molecule has 3 nitrogen and oxygen atoms in total. The van der Waals surface area contributed by atoms with Crippen molar-refractivity contribution in [2.45, 2.75) is 33.1 Å². The predicted molar refractivity (Wildman–Crippen MR) is 92.7 cm³/mol. The van der Waals surface area contributed by atoms with Crippen LogP contribution >= 0.6 is 0 Å². The summed E-state index contributed by atoms with van der Waals surface area (Å²) in [5.74, 6) is 0.847. The Morgan fingerprint density at radius 2 is 1.77 bits per heavy atom. The highest BCUT2D eigenvalue weighted by Crippen LogP contribution is 2.28. The molecule has 1 heterocycles. The number of nitrogens with zero attached hydrogens (tertiary/aromatic N) is 2. The summed E-state index contributed by atoms with van der Waals surface area (Å²) in [6, 6.07) is 14.7. The van der Waals surface area contributed by atoms with E-state index in [4.69, 9.17) is 0 Å². The molecule has 1 aromatic heterocycles. The zero-order valence-electron chi connectivity index (χ0n) is 13.5. The van der Waals surface area contributed by atoms with Gasteiger partial charge in [-0.25, -0.2) is 9.97 Å². The topological polar surface area (TPSA) is 37.8 Å².